The highest BCUT2D eigenvalue weighted by Crippen LogP contribution is 2.16. The fourth-order valence-corrected chi connectivity index (χ4v) is 3.68. The van der Waals surface area contributed by atoms with Crippen LogP contribution in [0.2, 0.25) is 0 Å². The number of aromatic carboxylic acids is 1. The van der Waals surface area contributed by atoms with Gasteiger partial charge < -0.3 is 9.84 Å². The van der Waals surface area contributed by atoms with Gasteiger partial charge in [-0.15, -0.1) is 0 Å². The molecular formula is C23H23NO4S. The Kier molecular flexibility index (Phi) is 7.16. The molecule has 3 rings (SSSR count). The van der Waals surface area contributed by atoms with E-state index in [1.807, 2.05) is 54.6 Å². The maximum Gasteiger partial charge on any atom is 0.335 e. The molecule has 0 heterocycles. The van der Waals surface area contributed by atoms with Crippen LogP contribution in [0, 0.1) is 6.92 Å². The molecule has 0 spiro atoms. The molecule has 5 nitrogen and oxygen atoms in total. The van der Waals surface area contributed by atoms with Crippen LogP contribution in [0.4, 0.5) is 0 Å². The lowest BCUT2D eigenvalue weighted by atomic mass is 10.1. The van der Waals surface area contributed by atoms with Gasteiger partial charge in [0.25, 0.3) is 0 Å². The smallest absolute Gasteiger partial charge is 0.335 e. The highest BCUT2D eigenvalue weighted by Gasteiger charge is 2.11. The molecule has 0 bridgehead atoms. The second-order valence-corrected chi connectivity index (χ2v) is 7.91. The van der Waals surface area contributed by atoms with E-state index in [2.05, 4.69) is 4.72 Å². The molecule has 29 heavy (non-hydrogen) atoms. The summed E-state index contributed by atoms with van der Waals surface area (Å²) in [6.45, 7) is 2.75. The summed E-state index contributed by atoms with van der Waals surface area (Å²) in [7, 11) is -1.46. The highest BCUT2D eigenvalue weighted by atomic mass is 32.2. The van der Waals surface area contributed by atoms with Crippen molar-refractivity contribution in [3.05, 3.63) is 95.1 Å². The standard InChI is InChI=1S/C23H23NO4S/c1-17-7-12-21(15-22(17)23(25)26)29(27)24-14-13-18-8-10-20(11-9-18)28-16-19-5-3-2-4-6-19/h2-12,15,24H,13-14,16H2,1H3,(H,25,26). The third kappa shape index (κ3) is 6.01. The van der Waals surface area contributed by atoms with Crippen molar-refractivity contribution >= 4 is 17.0 Å². The molecule has 2 N–H and O–H groups in total. The molecule has 0 radical (unpaired) electrons. The summed E-state index contributed by atoms with van der Waals surface area (Å²) < 4.78 is 21.1. The normalized spacial score (nSPS) is 11.8. The van der Waals surface area contributed by atoms with Gasteiger partial charge in [-0.1, -0.05) is 48.5 Å². The summed E-state index contributed by atoms with van der Waals surface area (Å²) in [5, 5.41) is 9.19. The Balaban J connectivity index is 1.48. The van der Waals surface area contributed by atoms with Crippen LogP contribution in [0.5, 0.6) is 5.75 Å². The van der Waals surface area contributed by atoms with Crippen LogP contribution in [-0.2, 0) is 24.0 Å². The van der Waals surface area contributed by atoms with Gasteiger partial charge in [-0.05, 0) is 54.3 Å². The van der Waals surface area contributed by atoms with Crippen molar-refractivity contribution in [2.45, 2.75) is 24.8 Å². The number of carbonyl (C=O) groups is 1. The van der Waals surface area contributed by atoms with E-state index in [1.54, 1.807) is 19.1 Å². The van der Waals surface area contributed by atoms with Crippen molar-refractivity contribution in [3.8, 4) is 5.75 Å². The molecular weight excluding hydrogens is 386 g/mol. The fourth-order valence-electron chi connectivity index (χ4n) is 2.81. The first-order valence-corrected chi connectivity index (χ1v) is 10.4. The lowest BCUT2D eigenvalue weighted by Crippen LogP contribution is -2.20. The third-order valence-electron chi connectivity index (χ3n) is 4.47. The topological polar surface area (TPSA) is 75.6 Å². The minimum Gasteiger partial charge on any atom is -0.489 e. The number of ether oxygens (including phenoxy) is 1. The molecule has 6 heteroatoms. The lowest BCUT2D eigenvalue weighted by molar-refractivity contribution is 0.0696. The number of carboxylic acids is 1. The van der Waals surface area contributed by atoms with Crippen molar-refractivity contribution in [1.29, 1.82) is 0 Å². The van der Waals surface area contributed by atoms with Gasteiger partial charge in [-0.2, -0.15) is 0 Å². The minimum absolute atomic E-state index is 0.170. The Morgan fingerprint density at radius 3 is 2.41 bits per heavy atom. The molecule has 0 aliphatic rings. The maximum absolute atomic E-state index is 12.4. The summed E-state index contributed by atoms with van der Waals surface area (Å²) in [6, 6.07) is 22.6. The highest BCUT2D eigenvalue weighted by molar-refractivity contribution is 7.83. The van der Waals surface area contributed by atoms with Gasteiger partial charge in [0.2, 0.25) is 0 Å². The molecule has 3 aromatic carbocycles. The van der Waals surface area contributed by atoms with Crippen molar-refractivity contribution in [1.82, 2.24) is 4.72 Å². The number of hydrogen-bond acceptors (Lipinski definition) is 3. The van der Waals surface area contributed by atoms with E-state index in [0.717, 1.165) is 16.9 Å². The SMILES string of the molecule is Cc1ccc(S(=O)NCCc2ccc(OCc3ccccc3)cc2)cc1C(=O)O. The van der Waals surface area contributed by atoms with E-state index in [0.29, 0.717) is 30.0 Å². The van der Waals surface area contributed by atoms with Crippen LogP contribution in [0.15, 0.2) is 77.7 Å². The van der Waals surface area contributed by atoms with Gasteiger partial charge in [-0.3, -0.25) is 0 Å². The number of aryl methyl sites for hydroxylation is 1. The first kappa shape index (κ1) is 20.8. The van der Waals surface area contributed by atoms with Gasteiger partial charge in [-0.25, -0.2) is 13.7 Å². The Labute approximate surface area is 172 Å². The molecule has 0 aliphatic carbocycles. The second-order valence-electron chi connectivity index (χ2n) is 6.61. The first-order chi connectivity index (χ1) is 14.0. The quantitative estimate of drug-likeness (QED) is 0.557. The number of hydrogen-bond donors (Lipinski definition) is 2. The summed E-state index contributed by atoms with van der Waals surface area (Å²) in [5.74, 6) is -0.217. The van der Waals surface area contributed by atoms with E-state index in [4.69, 9.17) is 4.74 Å². The Morgan fingerprint density at radius 2 is 1.72 bits per heavy atom. The second kappa shape index (κ2) is 10.0. The molecule has 150 valence electrons. The van der Waals surface area contributed by atoms with Crippen molar-refractivity contribution in [2.75, 3.05) is 6.54 Å². The molecule has 0 aliphatic heterocycles. The number of rotatable bonds is 9. The van der Waals surface area contributed by atoms with Crippen LogP contribution in [-0.4, -0.2) is 21.8 Å². The Hall–Kier alpha value is -2.96. The van der Waals surface area contributed by atoms with E-state index in [-0.39, 0.29) is 5.56 Å². The number of benzene rings is 3. The molecule has 0 amide bonds. The van der Waals surface area contributed by atoms with E-state index in [1.165, 1.54) is 6.07 Å². The van der Waals surface area contributed by atoms with Gasteiger partial charge in [0.15, 0.2) is 0 Å². The van der Waals surface area contributed by atoms with E-state index < -0.39 is 17.0 Å². The van der Waals surface area contributed by atoms with Gasteiger partial charge in [0.05, 0.1) is 10.5 Å². The van der Waals surface area contributed by atoms with Crippen LogP contribution in [0.3, 0.4) is 0 Å². The molecule has 0 fully saturated rings. The monoisotopic (exact) mass is 409 g/mol. The molecule has 0 saturated heterocycles. The van der Waals surface area contributed by atoms with Gasteiger partial charge >= 0.3 is 5.97 Å². The predicted molar refractivity (Wildman–Crippen MR) is 113 cm³/mol. The molecule has 3 aromatic rings. The molecule has 0 saturated carbocycles. The van der Waals surface area contributed by atoms with Crippen LogP contribution >= 0.6 is 0 Å². The number of nitrogens with one attached hydrogen (secondary N) is 1. The van der Waals surface area contributed by atoms with E-state index >= 15 is 0 Å². The van der Waals surface area contributed by atoms with Crippen molar-refractivity contribution in [2.24, 2.45) is 0 Å². The largest absolute Gasteiger partial charge is 0.489 e. The Bertz CT molecular complexity index is 988. The zero-order valence-electron chi connectivity index (χ0n) is 16.1. The van der Waals surface area contributed by atoms with Gasteiger partial charge in [0, 0.05) is 6.54 Å². The number of carboxylic acid groups (broad SMARTS) is 1. The first-order valence-electron chi connectivity index (χ1n) is 9.28. The summed E-state index contributed by atoms with van der Waals surface area (Å²) in [4.78, 5) is 11.7. The summed E-state index contributed by atoms with van der Waals surface area (Å²) in [5.41, 5.74) is 3.03. The fraction of sp³-hybridized carbons (Fsp3) is 0.174. The average molecular weight is 410 g/mol. The molecule has 1 atom stereocenters. The zero-order chi connectivity index (χ0) is 20.6. The minimum atomic E-state index is -1.46. The molecule has 1 unspecified atom stereocenters. The van der Waals surface area contributed by atoms with E-state index in [9.17, 15) is 14.1 Å². The zero-order valence-corrected chi connectivity index (χ0v) is 16.9. The van der Waals surface area contributed by atoms with Crippen LogP contribution < -0.4 is 9.46 Å². The lowest BCUT2D eigenvalue weighted by Gasteiger charge is -2.09. The third-order valence-corrected chi connectivity index (χ3v) is 5.62. The summed E-state index contributed by atoms with van der Waals surface area (Å²) in [6.07, 6.45) is 0.697. The molecule has 0 aromatic heterocycles. The van der Waals surface area contributed by atoms with Gasteiger partial charge in [0.1, 0.15) is 23.3 Å². The average Bonchev–Trinajstić information content (AvgIpc) is 2.74. The maximum atomic E-state index is 12.4. The van der Waals surface area contributed by atoms with Crippen LogP contribution in [0.25, 0.3) is 0 Å². The predicted octanol–water partition coefficient (Wildman–Crippen LogP) is 4.13. The van der Waals surface area contributed by atoms with Crippen molar-refractivity contribution in [3.63, 3.8) is 0 Å². The van der Waals surface area contributed by atoms with Crippen molar-refractivity contribution < 1.29 is 18.8 Å². The summed E-state index contributed by atoms with van der Waals surface area (Å²) >= 11 is 0. The Morgan fingerprint density at radius 1 is 1.00 bits per heavy atom. The van der Waals surface area contributed by atoms with Crippen LogP contribution in [0.1, 0.15) is 27.0 Å².